The van der Waals surface area contributed by atoms with Crippen LogP contribution in [0.4, 0.5) is 4.39 Å². The molecule has 0 fully saturated rings. The van der Waals surface area contributed by atoms with Gasteiger partial charge in [0.15, 0.2) is 6.61 Å². The van der Waals surface area contributed by atoms with Gasteiger partial charge in [0.05, 0.1) is 18.4 Å². The molecule has 0 aliphatic carbocycles. The van der Waals surface area contributed by atoms with Crippen LogP contribution in [0.5, 0.6) is 5.75 Å². The fourth-order valence-electron chi connectivity index (χ4n) is 2.84. The maximum absolute atomic E-state index is 13.0. The van der Waals surface area contributed by atoms with Gasteiger partial charge >= 0.3 is 0 Å². The van der Waals surface area contributed by atoms with Crippen LogP contribution >= 0.6 is 0 Å². The van der Waals surface area contributed by atoms with Gasteiger partial charge in [-0.3, -0.25) is 9.78 Å². The monoisotopic (exact) mass is 353 g/mol. The van der Waals surface area contributed by atoms with Crippen LogP contribution in [0, 0.1) is 5.82 Å². The van der Waals surface area contributed by atoms with Gasteiger partial charge < -0.3 is 14.1 Å². The summed E-state index contributed by atoms with van der Waals surface area (Å²) >= 11 is 0. The standard InChI is InChI=1S/C19H16FN3O3/c20-14-5-3-13(4-6-14)19(24)23-9-7-16-17(11-23)26-18(22-16)12-25-15-2-1-8-21-10-15/h1-6,8,10H,7,9,11-12H2. The Labute approximate surface area is 149 Å². The summed E-state index contributed by atoms with van der Waals surface area (Å²) in [5.74, 6) is 1.25. The van der Waals surface area contributed by atoms with Crippen LogP contribution in [-0.2, 0) is 19.6 Å². The molecule has 1 amide bonds. The summed E-state index contributed by atoms with van der Waals surface area (Å²) in [6.07, 6.45) is 3.90. The van der Waals surface area contributed by atoms with E-state index in [0.717, 1.165) is 5.69 Å². The number of benzene rings is 1. The molecule has 0 radical (unpaired) electrons. The molecular weight excluding hydrogens is 337 g/mol. The lowest BCUT2D eigenvalue weighted by Crippen LogP contribution is -2.35. The SMILES string of the molecule is O=C(c1ccc(F)cc1)N1CCc2nc(COc3cccnc3)oc2C1. The number of nitrogens with zero attached hydrogens (tertiary/aromatic N) is 3. The minimum atomic E-state index is -0.365. The van der Waals surface area contributed by atoms with Crippen LogP contribution in [0.1, 0.15) is 27.7 Å². The average molecular weight is 353 g/mol. The molecule has 0 saturated carbocycles. The Morgan fingerprint density at radius 3 is 2.88 bits per heavy atom. The Bertz CT molecular complexity index is 910. The van der Waals surface area contributed by atoms with E-state index < -0.39 is 0 Å². The fourth-order valence-corrected chi connectivity index (χ4v) is 2.84. The van der Waals surface area contributed by atoms with Gasteiger partial charge in [-0.05, 0) is 36.4 Å². The Morgan fingerprint density at radius 1 is 1.27 bits per heavy atom. The van der Waals surface area contributed by atoms with Gasteiger partial charge in [0, 0.05) is 24.7 Å². The number of oxazole rings is 1. The van der Waals surface area contributed by atoms with E-state index in [1.54, 1.807) is 29.4 Å². The smallest absolute Gasteiger partial charge is 0.254 e. The topological polar surface area (TPSA) is 68.5 Å². The molecule has 3 aromatic rings. The van der Waals surface area contributed by atoms with Gasteiger partial charge in [0.25, 0.3) is 5.91 Å². The minimum Gasteiger partial charge on any atom is -0.482 e. The second-order valence-electron chi connectivity index (χ2n) is 5.94. The quantitative estimate of drug-likeness (QED) is 0.721. The lowest BCUT2D eigenvalue weighted by Gasteiger charge is -2.25. The van der Waals surface area contributed by atoms with Crippen molar-refractivity contribution in [2.45, 2.75) is 19.6 Å². The van der Waals surface area contributed by atoms with Crippen molar-refractivity contribution < 1.29 is 18.3 Å². The molecule has 0 N–H and O–H groups in total. The highest BCUT2D eigenvalue weighted by molar-refractivity contribution is 5.94. The first-order valence-corrected chi connectivity index (χ1v) is 8.24. The molecule has 0 bridgehead atoms. The second kappa shape index (κ2) is 6.95. The van der Waals surface area contributed by atoms with Crippen LogP contribution < -0.4 is 4.74 Å². The van der Waals surface area contributed by atoms with E-state index in [0.29, 0.717) is 42.5 Å². The highest BCUT2D eigenvalue weighted by Gasteiger charge is 2.26. The predicted molar refractivity (Wildman–Crippen MR) is 89.9 cm³/mol. The molecule has 6 nitrogen and oxygen atoms in total. The van der Waals surface area contributed by atoms with Crippen LogP contribution in [-0.4, -0.2) is 27.3 Å². The zero-order valence-corrected chi connectivity index (χ0v) is 13.9. The van der Waals surface area contributed by atoms with Crippen molar-refractivity contribution in [3.63, 3.8) is 0 Å². The van der Waals surface area contributed by atoms with E-state index in [9.17, 15) is 9.18 Å². The maximum atomic E-state index is 13.0. The largest absolute Gasteiger partial charge is 0.482 e. The summed E-state index contributed by atoms with van der Waals surface area (Å²) < 4.78 is 24.4. The number of fused-ring (bicyclic) bond motifs is 1. The van der Waals surface area contributed by atoms with E-state index in [2.05, 4.69) is 9.97 Å². The summed E-state index contributed by atoms with van der Waals surface area (Å²) in [6.45, 7) is 1.08. The fraction of sp³-hybridized carbons (Fsp3) is 0.211. The van der Waals surface area contributed by atoms with Gasteiger partial charge in [0.2, 0.25) is 5.89 Å². The van der Waals surface area contributed by atoms with Crippen molar-refractivity contribution in [1.82, 2.24) is 14.9 Å². The number of carbonyl (C=O) groups excluding carboxylic acids is 1. The molecule has 0 spiro atoms. The third kappa shape index (κ3) is 3.42. The Kier molecular flexibility index (Phi) is 4.35. The average Bonchev–Trinajstić information content (AvgIpc) is 3.09. The third-order valence-corrected chi connectivity index (χ3v) is 4.15. The first-order chi connectivity index (χ1) is 12.7. The molecule has 1 aliphatic heterocycles. The van der Waals surface area contributed by atoms with Crippen LogP contribution in [0.2, 0.25) is 0 Å². The molecule has 0 unspecified atom stereocenters. The zero-order chi connectivity index (χ0) is 17.9. The van der Waals surface area contributed by atoms with Gasteiger partial charge in [-0.25, -0.2) is 9.37 Å². The molecule has 4 rings (SSSR count). The number of pyridine rings is 1. The molecule has 3 heterocycles. The summed E-state index contributed by atoms with van der Waals surface area (Å²) in [5.41, 5.74) is 1.30. The lowest BCUT2D eigenvalue weighted by atomic mass is 10.1. The maximum Gasteiger partial charge on any atom is 0.254 e. The normalized spacial score (nSPS) is 13.3. The van der Waals surface area contributed by atoms with Gasteiger partial charge in [-0.15, -0.1) is 0 Å². The summed E-state index contributed by atoms with van der Waals surface area (Å²) in [7, 11) is 0. The van der Waals surface area contributed by atoms with Crippen LogP contribution in [0.25, 0.3) is 0 Å². The molecule has 1 aromatic carbocycles. The number of hydrogen-bond donors (Lipinski definition) is 0. The molecule has 2 aromatic heterocycles. The van der Waals surface area contributed by atoms with E-state index in [-0.39, 0.29) is 18.3 Å². The number of carbonyl (C=O) groups is 1. The summed E-state index contributed by atoms with van der Waals surface area (Å²) in [5, 5.41) is 0. The molecular formula is C19H16FN3O3. The van der Waals surface area contributed by atoms with Gasteiger partial charge in [-0.1, -0.05) is 0 Å². The Balaban J connectivity index is 1.43. The number of amides is 1. The number of halogens is 1. The molecule has 0 atom stereocenters. The molecule has 1 aliphatic rings. The van der Waals surface area contributed by atoms with Crippen LogP contribution in [0.3, 0.4) is 0 Å². The van der Waals surface area contributed by atoms with Crippen molar-refractivity contribution in [2.24, 2.45) is 0 Å². The van der Waals surface area contributed by atoms with E-state index in [4.69, 9.17) is 9.15 Å². The number of aromatic nitrogens is 2. The first-order valence-electron chi connectivity index (χ1n) is 8.24. The minimum absolute atomic E-state index is 0.153. The molecule has 26 heavy (non-hydrogen) atoms. The molecule has 132 valence electrons. The first kappa shape index (κ1) is 16.3. The predicted octanol–water partition coefficient (Wildman–Crippen LogP) is 2.99. The van der Waals surface area contributed by atoms with Gasteiger partial charge in [-0.2, -0.15) is 0 Å². The third-order valence-electron chi connectivity index (χ3n) is 4.15. The summed E-state index contributed by atoms with van der Waals surface area (Å²) in [6, 6.07) is 9.13. The van der Waals surface area contributed by atoms with Crippen LogP contribution in [0.15, 0.2) is 53.2 Å². The Morgan fingerprint density at radius 2 is 2.12 bits per heavy atom. The highest BCUT2D eigenvalue weighted by Crippen LogP contribution is 2.22. The zero-order valence-electron chi connectivity index (χ0n) is 13.9. The number of ether oxygens (including phenoxy) is 1. The van der Waals surface area contributed by atoms with E-state index in [1.165, 1.54) is 24.3 Å². The molecule has 0 saturated heterocycles. The van der Waals surface area contributed by atoms with E-state index in [1.807, 2.05) is 0 Å². The number of hydrogen-bond acceptors (Lipinski definition) is 5. The Hall–Kier alpha value is -3.22. The highest BCUT2D eigenvalue weighted by atomic mass is 19.1. The van der Waals surface area contributed by atoms with Crippen molar-refractivity contribution in [3.8, 4) is 5.75 Å². The molecule has 7 heteroatoms. The number of rotatable bonds is 4. The van der Waals surface area contributed by atoms with Crippen molar-refractivity contribution in [1.29, 1.82) is 0 Å². The van der Waals surface area contributed by atoms with Crippen molar-refractivity contribution in [3.05, 3.63) is 77.5 Å². The second-order valence-corrected chi connectivity index (χ2v) is 5.94. The summed E-state index contributed by atoms with van der Waals surface area (Å²) in [4.78, 5) is 22.6. The van der Waals surface area contributed by atoms with Crippen molar-refractivity contribution >= 4 is 5.91 Å². The van der Waals surface area contributed by atoms with Gasteiger partial charge in [0.1, 0.15) is 17.3 Å². The van der Waals surface area contributed by atoms with Crippen molar-refractivity contribution in [2.75, 3.05) is 6.54 Å². The van der Waals surface area contributed by atoms with E-state index >= 15 is 0 Å². The lowest BCUT2D eigenvalue weighted by molar-refractivity contribution is 0.0718.